The molecular formula is C12H11Cl2N2O2PS. The Hall–Kier alpha value is -0.870. The Morgan fingerprint density at radius 3 is 1.80 bits per heavy atom. The van der Waals surface area contributed by atoms with Gasteiger partial charge in [-0.1, -0.05) is 42.3 Å². The number of rotatable bonds is 5. The molecular weight excluding hydrogens is 338 g/mol. The van der Waals surface area contributed by atoms with Gasteiger partial charge in [-0.25, -0.2) is 9.97 Å². The Kier molecular flexibility index (Phi) is 5.22. The normalized spacial score (nSPS) is 11.2. The quantitative estimate of drug-likeness (QED) is 0.584. The van der Waals surface area contributed by atoms with E-state index in [-0.39, 0.29) is 0 Å². The van der Waals surface area contributed by atoms with E-state index in [1.54, 1.807) is 36.4 Å². The molecule has 0 aliphatic rings. The number of nitrogens with zero attached hydrogens (tertiary/aromatic N) is 2. The van der Waals surface area contributed by atoms with Gasteiger partial charge >= 0.3 is 0 Å². The van der Waals surface area contributed by atoms with Crippen LogP contribution in [0.15, 0.2) is 36.4 Å². The van der Waals surface area contributed by atoms with Crippen LogP contribution in [0.25, 0.3) is 0 Å². The number of halogens is 2. The maximum Gasteiger partial charge on any atom is 0.290 e. The summed E-state index contributed by atoms with van der Waals surface area (Å²) in [6, 6.07) is 10.1. The van der Waals surface area contributed by atoms with Gasteiger partial charge in [0.25, 0.3) is 6.49 Å². The number of hydrogen-bond acceptors (Lipinski definition) is 5. The van der Waals surface area contributed by atoms with Crippen LogP contribution in [0.2, 0.25) is 10.3 Å². The second-order valence-electron chi connectivity index (χ2n) is 3.71. The highest BCUT2D eigenvalue weighted by atomic mass is 35.5. The third-order valence-corrected chi connectivity index (χ3v) is 5.58. The minimum absolute atomic E-state index is 0.334. The van der Waals surface area contributed by atoms with Gasteiger partial charge in [-0.2, -0.15) is 0 Å². The lowest BCUT2D eigenvalue weighted by Gasteiger charge is -2.21. The van der Waals surface area contributed by atoms with Gasteiger partial charge in [0.2, 0.25) is 11.8 Å². The average Bonchev–Trinajstić information content (AvgIpc) is 2.38. The maximum absolute atomic E-state index is 5.81. The zero-order valence-corrected chi connectivity index (χ0v) is 13.7. The molecule has 20 heavy (non-hydrogen) atoms. The lowest BCUT2D eigenvalue weighted by atomic mass is 10.5. The summed E-state index contributed by atoms with van der Waals surface area (Å²) in [5, 5.41) is 0.669. The lowest BCUT2D eigenvalue weighted by Crippen LogP contribution is -2.04. The van der Waals surface area contributed by atoms with Gasteiger partial charge in [-0.3, -0.25) is 0 Å². The molecule has 0 N–H and O–H groups in total. The van der Waals surface area contributed by atoms with Gasteiger partial charge in [0.15, 0.2) is 0 Å². The SMILES string of the molecule is CCP(=S)(Oc1cccc(Cl)n1)Oc1cccc(Cl)n1. The molecule has 2 heterocycles. The van der Waals surface area contributed by atoms with Crippen LogP contribution in [0.3, 0.4) is 0 Å². The van der Waals surface area contributed by atoms with E-state index in [2.05, 4.69) is 9.97 Å². The number of aromatic nitrogens is 2. The van der Waals surface area contributed by atoms with Gasteiger partial charge in [-0.15, -0.1) is 0 Å². The van der Waals surface area contributed by atoms with Gasteiger partial charge in [0, 0.05) is 18.3 Å². The molecule has 0 bridgehead atoms. The van der Waals surface area contributed by atoms with Crippen LogP contribution < -0.4 is 9.05 Å². The molecule has 0 aliphatic carbocycles. The molecule has 106 valence electrons. The third kappa shape index (κ3) is 4.32. The van der Waals surface area contributed by atoms with Gasteiger partial charge in [-0.05, 0) is 23.9 Å². The van der Waals surface area contributed by atoms with E-state index in [4.69, 9.17) is 44.1 Å². The molecule has 0 fully saturated rings. The Bertz CT molecular complexity index is 605. The van der Waals surface area contributed by atoms with E-state index < -0.39 is 6.49 Å². The first kappa shape index (κ1) is 15.5. The molecule has 8 heteroatoms. The van der Waals surface area contributed by atoms with E-state index in [1.807, 2.05) is 6.92 Å². The molecule has 4 nitrogen and oxygen atoms in total. The molecule has 0 radical (unpaired) electrons. The monoisotopic (exact) mass is 348 g/mol. The first-order valence-corrected chi connectivity index (χ1v) is 9.32. The maximum atomic E-state index is 5.81. The minimum atomic E-state index is -2.59. The van der Waals surface area contributed by atoms with Crippen LogP contribution in [0, 0.1) is 0 Å². The summed E-state index contributed by atoms with van der Waals surface area (Å²) in [6.45, 7) is -0.708. The zero-order valence-electron chi connectivity index (χ0n) is 10.5. The van der Waals surface area contributed by atoms with Crippen molar-refractivity contribution in [3.8, 4) is 11.8 Å². The molecule has 0 amide bonds. The zero-order chi connectivity index (χ0) is 14.6. The molecule has 0 atom stereocenters. The minimum Gasteiger partial charge on any atom is -0.417 e. The standard InChI is InChI=1S/C12H11Cl2N2O2PS/c1-2-19(20,17-11-7-3-5-9(13)15-11)18-12-8-4-6-10(14)16-12/h3-8H,2H2,1H3. The van der Waals surface area contributed by atoms with Crippen molar-refractivity contribution in [1.82, 2.24) is 9.97 Å². The van der Waals surface area contributed by atoms with E-state index in [0.717, 1.165) is 0 Å². The molecule has 0 aromatic carbocycles. The van der Waals surface area contributed by atoms with Crippen LogP contribution >= 0.6 is 29.7 Å². The van der Waals surface area contributed by atoms with E-state index in [0.29, 0.717) is 28.2 Å². The van der Waals surface area contributed by atoms with Crippen molar-refractivity contribution < 1.29 is 9.05 Å². The second-order valence-corrected chi connectivity index (χ2v) is 8.37. The lowest BCUT2D eigenvalue weighted by molar-refractivity contribution is 0.467. The topological polar surface area (TPSA) is 44.2 Å². The first-order valence-electron chi connectivity index (χ1n) is 5.74. The van der Waals surface area contributed by atoms with Crippen LogP contribution in [0.5, 0.6) is 11.8 Å². The summed E-state index contributed by atoms with van der Waals surface area (Å²) in [5.41, 5.74) is 0. The Balaban J connectivity index is 2.19. The molecule has 2 aromatic rings. The molecule has 0 aliphatic heterocycles. The van der Waals surface area contributed by atoms with Crippen LogP contribution in [-0.4, -0.2) is 16.1 Å². The predicted molar refractivity (Wildman–Crippen MR) is 84.6 cm³/mol. The van der Waals surface area contributed by atoms with Crippen molar-refractivity contribution in [1.29, 1.82) is 0 Å². The molecule has 2 aromatic heterocycles. The molecule has 2 rings (SSSR count). The second kappa shape index (κ2) is 6.72. The Morgan fingerprint density at radius 1 is 1.00 bits per heavy atom. The summed E-state index contributed by atoms with van der Waals surface area (Å²) in [6.07, 6.45) is 0.519. The Labute approximate surface area is 132 Å². The van der Waals surface area contributed by atoms with Crippen LogP contribution in [-0.2, 0) is 11.8 Å². The molecule has 0 spiro atoms. The smallest absolute Gasteiger partial charge is 0.290 e. The van der Waals surface area contributed by atoms with Crippen molar-refractivity contribution >= 4 is 41.5 Å². The average molecular weight is 349 g/mol. The van der Waals surface area contributed by atoms with E-state index >= 15 is 0 Å². The van der Waals surface area contributed by atoms with Gasteiger partial charge in [0.05, 0.1) is 0 Å². The van der Waals surface area contributed by atoms with E-state index in [9.17, 15) is 0 Å². The summed E-state index contributed by atoms with van der Waals surface area (Å²) < 4.78 is 11.4. The highest BCUT2D eigenvalue weighted by Crippen LogP contribution is 2.47. The number of hydrogen-bond donors (Lipinski definition) is 0. The molecule has 0 unspecified atom stereocenters. The summed E-state index contributed by atoms with van der Waals surface area (Å²) in [7, 11) is 0. The van der Waals surface area contributed by atoms with Crippen molar-refractivity contribution in [2.45, 2.75) is 6.92 Å². The Morgan fingerprint density at radius 2 is 1.45 bits per heavy atom. The van der Waals surface area contributed by atoms with Gasteiger partial charge < -0.3 is 9.05 Å². The fraction of sp³-hybridized carbons (Fsp3) is 0.167. The molecule has 0 saturated carbocycles. The highest BCUT2D eigenvalue weighted by molar-refractivity contribution is 8.10. The predicted octanol–water partition coefficient (Wildman–Crippen LogP) is 4.57. The van der Waals surface area contributed by atoms with Crippen LogP contribution in [0.1, 0.15) is 6.92 Å². The highest BCUT2D eigenvalue weighted by Gasteiger charge is 2.21. The summed E-state index contributed by atoms with van der Waals surface area (Å²) >= 11 is 17.1. The summed E-state index contributed by atoms with van der Waals surface area (Å²) in [5.74, 6) is 0.675. The van der Waals surface area contributed by atoms with Gasteiger partial charge in [0.1, 0.15) is 10.3 Å². The van der Waals surface area contributed by atoms with Crippen molar-refractivity contribution in [2.75, 3.05) is 6.16 Å². The fourth-order valence-corrected chi connectivity index (χ4v) is 3.15. The van der Waals surface area contributed by atoms with Crippen molar-refractivity contribution in [3.63, 3.8) is 0 Å². The third-order valence-electron chi connectivity index (χ3n) is 2.23. The fourth-order valence-electron chi connectivity index (χ4n) is 1.31. The van der Waals surface area contributed by atoms with Crippen molar-refractivity contribution in [3.05, 3.63) is 46.7 Å². The van der Waals surface area contributed by atoms with E-state index in [1.165, 1.54) is 0 Å². The first-order chi connectivity index (χ1) is 9.50. The summed E-state index contributed by atoms with van der Waals surface area (Å²) in [4.78, 5) is 8.09. The number of pyridine rings is 2. The largest absolute Gasteiger partial charge is 0.417 e. The molecule has 0 saturated heterocycles. The van der Waals surface area contributed by atoms with Crippen molar-refractivity contribution in [2.24, 2.45) is 0 Å². The van der Waals surface area contributed by atoms with Crippen LogP contribution in [0.4, 0.5) is 0 Å².